The van der Waals surface area contributed by atoms with Crippen LogP contribution >= 0.6 is 12.6 Å². The fraction of sp³-hybridized carbons (Fsp3) is 1.00. The van der Waals surface area contributed by atoms with Crippen molar-refractivity contribution in [2.75, 3.05) is 0 Å². The fourth-order valence-electron chi connectivity index (χ4n) is 3.10. The summed E-state index contributed by atoms with van der Waals surface area (Å²) in [6, 6.07) is 0. The summed E-state index contributed by atoms with van der Waals surface area (Å²) in [5.41, 5.74) is 0. The van der Waals surface area contributed by atoms with Crippen LogP contribution in [0.1, 0.15) is 45.4 Å². The maximum Gasteiger partial charge on any atom is 0.0107 e. The summed E-state index contributed by atoms with van der Waals surface area (Å²) in [6.45, 7) is 2.32. The van der Waals surface area contributed by atoms with Crippen molar-refractivity contribution in [2.45, 2.75) is 50.2 Å². The number of thiol groups is 1. The molecule has 2 unspecified atom stereocenters. The Hall–Kier alpha value is 0.350. The van der Waals surface area contributed by atoms with Gasteiger partial charge in [-0.25, -0.2) is 0 Å². The molecule has 11 heavy (non-hydrogen) atoms. The van der Waals surface area contributed by atoms with Crippen molar-refractivity contribution in [2.24, 2.45) is 11.8 Å². The van der Waals surface area contributed by atoms with Gasteiger partial charge in [0, 0.05) is 4.75 Å². The van der Waals surface area contributed by atoms with Gasteiger partial charge < -0.3 is 0 Å². The average Bonchev–Trinajstić information content (AvgIpc) is 1.82. The van der Waals surface area contributed by atoms with Crippen molar-refractivity contribution in [3.05, 3.63) is 0 Å². The van der Waals surface area contributed by atoms with Crippen molar-refractivity contribution < 1.29 is 0 Å². The summed E-state index contributed by atoms with van der Waals surface area (Å²) in [7, 11) is 0. The van der Waals surface area contributed by atoms with Crippen LogP contribution in [0.4, 0.5) is 0 Å². The Bertz CT molecular complexity index is 137. The van der Waals surface area contributed by atoms with Gasteiger partial charge in [-0.3, -0.25) is 0 Å². The first kappa shape index (κ1) is 7.97. The van der Waals surface area contributed by atoms with E-state index in [9.17, 15) is 0 Å². The molecule has 0 N–H and O–H groups in total. The van der Waals surface area contributed by atoms with Gasteiger partial charge in [-0.15, -0.1) is 0 Å². The molecule has 2 saturated carbocycles. The minimum Gasteiger partial charge on any atom is -0.173 e. The molecular weight excluding hydrogens is 152 g/mol. The largest absolute Gasteiger partial charge is 0.173 e. The molecule has 0 aliphatic heterocycles. The third-order valence-corrected chi connectivity index (χ3v) is 3.71. The van der Waals surface area contributed by atoms with Crippen LogP contribution in [0.15, 0.2) is 0 Å². The summed E-state index contributed by atoms with van der Waals surface area (Å²) in [5.74, 6) is 2.04. The second-order valence-electron chi connectivity index (χ2n) is 4.80. The predicted octanol–water partition coefficient (Wildman–Crippen LogP) is 3.28. The Morgan fingerprint density at radius 3 is 2.27 bits per heavy atom. The van der Waals surface area contributed by atoms with Gasteiger partial charge >= 0.3 is 0 Å². The minimum absolute atomic E-state index is 0.369. The zero-order chi connectivity index (χ0) is 7.90. The van der Waals surface area contributed by atoms with E-state index in [0.717, 1.165) is 11.8 Å². The van der Waals surface area contributed by atoms with Gasteiger partial charge in [0.25, 0.3) is 0 Å². The van der Waals surface area contributed by atoms with Crippen LogP contribution in [0, 0.1) is 11.8 Å². The lowest BCUT2D eigenvalue weighted by Gasteiger charge is -2.42. The molecule has 2 atom stereocenters. The van der Waals surface area contributed by atoms with E-state index in [1.165, 1.54) is 38.5 Å². The molecule has 2 fully saturated rings. The molecule has 0 amide bonds. The highest BCUT2D eigenvalue weighted by atomic mass is 32.1. The molecule has 0 spiro atoms. The van der Waals surface area contributed by atoms with E-state index >= 15 is 0 Å². The van der Waals surface area contributed by atoms with Crippen LogP contribution in [-0.2, 0) is 0 Å². The Labute approximate surface area is 75.2 Å². The molecule has 2 aliphatic rings. The zero-order valence-corrected chi connectivity index (χ0v) is 8.24. The topological polar surface area (TPSA) is 0 Å². The van der Waals surface area contributed by atoms with Gasteiger partial charge in [-0.2, -0.15) is 12.6 Å². The normalized spacial score (nSPS) is 50.7. The Morgan fingerprint density at radius 2 is 1.73 bits per heavy atom. The van der Waals surface area contributed by atoms with E-state index in [4.69, 9.17) is 12.6 Å². The molecule has 2 aliphatic carbocycles. The Kier molecular flexibility index (Phi) is 1.95. The van der Waals surface area contributed by atoms with Gasteiger partial charge in [0.15, 0.2) is 0 Å². The predicted molar refractivity (Wildman–Crippen MR) is 52.1 cm³/mol. The first-order chi connectivity index (χ1) is 5.16. The number of hydrogen-bond acceptors (Lipinski definition) is 1. The van der Waals surface area contributed by atoms with Crippen molar-refractivity contribution in [1.82, 2.24) is 0 Å². The molecule has 2 bridgehead atoms. The Balaban J connectivity index is 2.05. The number of rotatable bonds is 0. The molecule has 0 aromatic heterocycles. The van der Waals surface area contributed by atoms with Crippen molar-refractivity contribution in [3.63, 3.8) is 0 Å². The standard InChI is InChI=1S/C10H18S/c1-10(11)6-8-3-2-4-9(5-8)7-10/h8-9,11H,2-7H2,1H3. The van der Waals surface area contributed by atoms with E-state index in [0.29, 0.717) is 4.75 Å². The molecule has 0 radical (unpaired) electrons. The SMILES string of the molecule is CC1(S)CC2CCCC(C2)C1. The minimum atomic E-state index is 0.369. The summed E-state index contributed by atoms with van der Waals surface area (Å²) < 4.78 is 0.369. The molecule has 1 heteroatoms. The summed E-state index contributed by atoms with van der Waals surface area (Å²) in [5, 5.41) is 0. The lowest BCUT2D eigenvalue weighted by atomic mass is 9.68. The molecule has 0 heterocycles. The first-order valence-corrected chi connectivity index (χ1v) is 5.33. The van der Waals surface area contributed by atoms with E-state index in [-0.39, 0.29) is 0 Å². The van der Waals surface area contributed by atoms with Crippen LogP contribution in [0.25, 0.3) is 0 Å². The van der Waals surface area contributed by atoms with Crippen molar-refractivity contribution >= 4 is 12.6 Å². The van der Waals surface area contributed by atoms with Gasteiger partial charge in [0.05, 0.1) is 0 Å². The highest BCUT2D eigenvalue weighted by Gasteiger charge is 2.36. The van der Waals surface area contributed by atoms with Crippen LogP contribution in [0.2, 0.25) is 0 Å². The van der Waals surface area contributed by atoms with Crippen molar-refractivity contribution in [3.8, 4) is 0 Å². The highest BCUT2D eigenvalue weighted by Crippen LogP contribution is 2.46. The van der Waals surface area contributed by atoms with Gasteiger partial charge in [-0.05, 0) is 31.1 Å². The van der Waals surface area contributed by atoms with Crippen LogP contribution in [0.5, 0.6) is 0 Å². The van der Waals surface area contributed by atoms with E-state index < -0.39 is 0 Å². The van der Waals surface area contributed by atoms with Crippen LogP contribution in [0.3, 0.4) is 0 Å². The van der Waals surface area contributed by atoms with E-state index in [1.54, 1.807) is 0 Å². The van der Waals surface area contributed by atoms with Gasteiger partial charge in [0.2, 0.25) is 0 Å². The maximum atomic E-state index is 4.72. The summed E-state index contributed by atoms with van der Waals surface area (Å²) in [4.78, 5) is 0. The van der Waals surface area contributed by atoms with Gasteiger partial charge in [0.1, 0.15) is 0 Å². The highest BCUT2D eigenvalue weighted by molar-refractivity contribution is 7.81. The maximum absolute atomic E-state index is 4.72. The molecule has 2 rings (SSSR count). The average molecular weight is 170 g/mol. The lowest BCUT2D eigenvalue weighted by Crippen LogP contribution is -2.34. The van der Waals surface area contributed by atoms with Crippen LogP contribution in [-0.4, -0.2) is 4.75 Å². The van der Waals surface area contributed by atoms with Crippen molar-refractivity contribution in [1.29, 1.82) is 0 Å². The second-order valence-corrected chi connectivity index (χ2v) is 5.88. The monoisotopic (exact) mass is 170 g/mol. The zero-order valence-electron chi connectivity index (χ0n) is 7.34. The number of hydrogen-bond donors (Lipinski definition) is 1. The fourth-order valence-corrected chi connectivity index (χ4v) is 3.62. The summed E-state index contributed by atoms with van der Waals surface area (Å²) in [6.07, 6.45) is 8.69. The summed E-state index contributed by atoms with van der Waals surface area (Å²) >= 11 is 4.72. The smallest absolute Gasteiger partial charge is 0.0107 e. The third kappa shape index (κ3) is 1.74. The lowest BCUT2D eigenvalue weighted by molar-refractivity contribution is 0.164. The van der Waals surface area contributed by atoms with E-state index in [2.05, 4.69) is 6.92 Å². The third-order valence-electron chi connectivity index (χ3n) is 3.35. The van der Waals surface area contributed by atoms with Gasteiger partial charge in [-0.1, -0.05) is 26.2 Å². The molecular formula is C10H18S. The first-order valence-electron chi connectivity index (χ1n) is 4.88. The molecule has 0 nitrogen and oxygen atoms in total. The Morgan fingerprint density at radius 1 is 1.18 bits per heavy atom. The molecule has 64 valence electrons. The number of fused-ring (bicyclic) bond motifs is 2. The molecule has 0 aromatic rings. The quantitative estimate of drug-likeness (QED) is 0.530. The molecule has 0 aromatic carbocycles. The molecule has 0 saturated heterocycles. The van der Waals surface area contributed by atoms with E-state index in [1.807, 2.05) is 0 Å². The second kappa shape index (κ2) is 2.69. The van der Waals surface area contributed by atoms with Crippen LogP contribution < -0.4 is 0 Å².